The topological polar surface area (TPSA) is 262 Å². The van der Waals surface area contributed by atoms with E-state index >= 15 is 0 Å². The molecule has 0 spiro atoms. The zero-order chi connectivity index (χ0) is 67.5. The number of phenolic OH excluding ortho intramolecular Hbond substituents is 1. The number of nitrogens with two attached hydrogens (primary N) is 1. The van der Waals surface area contributed by atoms with Crippen LogP contribution in [0.2, 0.25) is 0 Å². The summed E-state index contributed by atoms with van der Waals surface area (Å²) >= 11 is 0. The molecule has 5 aromatic rings. The van der Waals surface area contributed by atoms with Crippen LogP contribution in [0.4, 0.5) is 5.69 Å². The molecule has 95 heavy (non-hydrogen) atoms. The number of phenols is 1. The molecule has 6 aliphatic rings. The third-order valence-corrected chi connectivity index (χ3v) is 19.8. The van der Waals surface area contributed by atoms with Crippen LogP contribution in [0, 0.1) is 35.7 Å². The standard InChI is InChI=1S/C78H104N6O11/c1-8-10-11-18-60-53(16-13-19-69(60)84-78(79)81-6)24-21-52(46-85)35-55-38-65-57(45-83-74(9-2)82-44-49(4)86)39-64(54-17-12-15-50(34-54)28-32-93-31-14-30-80-5)62-29-33-94-59(37-56(55)40-70(65)88)41-58(87)25-22-51-23-27-72(92-7)73(36-51)95-47-68-61-26-20-48(3)63-43-71(89)76(62)67(75(61)63)42-66(68)77(90)91/h12-13,15-17,19-20,23,26-27,34,36,38,40,42-43,48-49,52,55-57,59,62,64,74,77,80,82-83,85-86,88-91H,8-11,14,18,21-22,24-25,28,30-32,35,37,39,41,44-47H2,1-7H3,(H3,79,81,84). The number of ketones is 1. The minimum atomic E-state index is -1.96. The number of methoxy groups -OCH3 is 1. The number of guanidine groups is 1. The molecule has 17 heteroatoms. The van der Waals surface area contributed by atoms with Gasteiger partial charge in [0.2, 0.25) is 0 Å². The van der Waals surface area contributed by atoms with Gasteiger partial charge in [-0.15, -0.1) is 0 Å². The fourth-order valence-electron chi connectivity index (χ4n) is 14.6. The average molecular weight is 1300 g/mol. The summed E-state index contributed by atoms with van der Waals surface area (Å²) in [6.45, 7) is 10.6. The molecule has 2 aliphatic carbocycles. The molecule has 0 saturated heterocycles. The number of aliphatic hydroxyl groups excluding tert-OH is 4. The first-order valence-corrected chi connectivity index (χ1v) is 34.7. The Morgan fingerprint density at radius 2 is 1.77 bits per heavy atom. The van der Waals surface area contributed by atoms with Gasteiger partial charge in [-0.3, -0.25) is 15.1 Å². The second kappa shape index (κ2) is 35.1. The van der Waals surface area contributed by atoms with Gasteiger partial charge in [0.05, 0.1) is 31.9 Å². The SMILES string of the molecule is CCCCCc1c(CCC(CO)CC2C=C3C(O)=CC2CC2CC(=O)CCc4ccc(OC)c(c4)OCc4c(C(O)O)cc5c(c(O)cc6c5c4C=CC6C)C(C#CO2)C(c2cccc(CCOCCCNC)c2)CC3CNC(CC)NCC(C)O)cccc1NC(N)=NC. The van der Waals surface area contributed by atoms with E-state index in [0.717, 1.165) is 77.5 Å². The summed E-state index contributed by atoms with van der Waals surface area (Å²) in [5.41, 5.74) is 15.8. The predicted molar refractivity (Wildman–Crippen MR) is 378 cm³/mol. The smallest absolute Gasteiger partial charge is 0.192 e. The Kier molecular flexibility index (Phi) is 26.6. The minimum Gasteiger partial charge on any atom is -0.508 e. The van der Waals surface area contributed by atoms with Crippen LogP contribution in [0.15, 0.2) is 107 Å². The molecule has 0 radical (unpaired) electrons. The highest BCUT2D eigenvalue weighted by Gasteiger charge is 2.39. The number of rotatable bonds is 28. The van der Waals surface area contributed by atoms with E-state index in [-0.39, 0.29) is 78.7 Å². The van der Waals surface area contributed by atoms with Gasteiger partial charge < -0.3 is 71.3 Å². The molecule has 11 rings (SSSR count). The first-order chi connectivity index (χ1) is 46.0. The van der Waals surface area contributed by atoms with Crippen molar-refractivity contribution in [2.75, 3.05) is 66.0 Å². The molecular formula is C78H104N6O11. The number of nitrogens with one attached hydrogen (secondary N) is 4. The van der Waals surface area contributed by atoms with E-state index in [9.17, 15) is 35.4 Å². The predicted octanol–water partition coefficient (Wildman–Crippen LogP) is 11.6. The number of aryl methyl sites for hydroxylation is 2. The maximum atomic E-state index is 14.7. The lowest BCUT2D eigenvalue weighted by Crippen LogP contribution is -2.46. The lowest BCUT2D eigenvalue weighted by Gasteiger charge is -2.36. The fraction of sp³-hybridized carbons (Fsp3) is 0.513. The molecule has 17 nitrogen and oxygen atoms in total. The molecule has 0 saturated carbocycles. The van der Waals surface area contributed by atoms with E-state index in [4.69, 9.17) is 24.7 Å². The van der Waals surface area contributed by atoms with Crippen molar-refractivity contribution in [3.8, 4) is 29.3 Å². The summed E-state index contributed by atoms with van der Waals surface area (Å²) in [5.74, 6) is 2.14. The molecule has 12 N–H and O–H groups in total. The summed E-state index contributed by atoms with van der Waals surface area (Å²) in [4.78, 5) is 18.9. The van der Waals surface area contributed by atoms with Crippen molar-refractivity contribution in [3.05, 3.63) is 158 Å². The number of fused-ring (bicyclic) bond motifs is 8. The molecule has 10 unspecified atom stereocenters. The number of anilines is 1. The van der Waals surface area contributed by atoms with Crippen LogP contribution in [0.5, 0.6) is 17.2 Å². The number of nitrogens with zero attached hydrogens (tertiary/aromatic N) is 1. The number of allylic oxidation sites excluding steroid dienone is 4. The van der Waals surface area contributed by atoms with Crippen LogP contribution in [-0.4, -0.2) is 121 Å². The highest BCUT2D eigenvalue weighted by Crippen LogP contribution is 2.51. The van der Waals surface area contributed by atoms with E-state index in [1.165, 1.54) is 11.1 Å². The zero-order valence-corrected chi connectivity index (χ0v) is 56.9. The van der Waals surface area contributed by atoms with Crippen molar-refractivity contribution in [1.29, 1.82) is 0 Å². The maximum absolute atomic E-state index is 14.7. The summed E-state index contributed by atoms with van der Waals surface area (Å²) in [6, 6.07) is 23.9. The third-order valence-electron chi connectivity index (χ3n) is 19.8. The number of ether oxygens (including phenoxy) is 4. The molecule has 5 aromatic carbocycles. The summed E-state index contributed by atoms with van der Waals surface area (Å²) in [7, 11) is 5.16. The van der Waals surface area contributed by atoms with Crippen LogP contribution < -0.4 is 36.5 Å². The molecular weight excluding hydrogens is 1200 g/mol. The Morgan fingerprint density at radius 3 is 2.53 bits per heavy atom. The van der Waals surface area contributed by atoms with Gasteiger partial charge in [-0.05, 0) is 201 Å². The molecule has 0 amide bonds. The van der Waals surface area contributed by atoms with Gasteiger partial charge in [0.25, 0.3) is 0 Å². The van der Waals surface area contributed by atoms with Crippen LogP contribution in [0.3, 0.4) is 0 Å². The summed E-state index contributed by atoms with van der Waals surface area (Å²) in [6.07, 6.45) is 17.3. The van der Waals surface area contributed by atoms with Crippen LogP contribution >= 0.6 is 0 Å². The molecule has 10 atom stereocenters. The lowest BCUT2D eigenvalue weighted by atomic mass is 9.70. The first-order valence-electron chi connectivity index (χ1n) is 34.7. The number of aliphatic hydroxyl groups is 5. The first kappa shape index (κ1) is 72.0. The number of hydrogen-bond donors (Lipinski definition) is 11. The van der Waals surface area contributed by atoms with Gasteiger partial charge in [-0.2, -0.15) is 0 Å². The van der Waals surface area contributed by atoms with E-state index in [2.05, 4.69) is 89.4 Å². The third kappa shape index (κ3) is 18.7. The molecule has 0 fully saturated rings. The van der Waals surface area contributed by atoms with Gasteiger partial charge >= 0.3 is 0 Å². The number of Topliss-reactive ketones (excluding diaryl/α,β-unsaturated/α-hetero) is 1. The molecule has 10 bridgehead atoms. The van der Waals surface area contributed by atoms with Crippen LogP contribution in [0.25, 0.3) is 16.8 Å². The molecule has 4 aliphatic heterocycles. The highest BCUT2D eigenvalue weighted by molar-refractivity contribution is 6.01. The lowest BCUT2D eigenvalue weighted by molar-refractivity contribution is -0.121. The van der Waals surface area contributed by atoms with E-state index in [0.29, 0.717) is 117 Å². The highest BCUT2D eigenvalue weighted by atomic mass is 16.5. The van der Waals surface area contributed by atoms with Gasteiger partial charge in [-0.1, -0.05) is 100 Å². The monoisotopic (exact) mass is 1300 g/mol. The quantitative estimate of drug-likeness (QED) is 0.00731. The van der Waals surface area contributed by atoms with E-state index in [1.807, 2.05) is 67.7 Å². The van der Waals surface area contributed by atoms with Gasteiger partial charge in [0.15, 0.2) is 23.7 Å². The largest absolute Gasteiger partial charge is 0.508 e. The molecule has 0 aromatic heterocycles. The van der Waals surface area contributed by atoms with Gasteiger partial charge in [-0.25, -0.2) is 0 Å². The Hall–Kier alpha value is -7.24. The maximum Gasteiger partial charge on any atom is 0.192 e. The summed E-state index contributed by atoms with van der Waals surface area (Å²) in [5, 5.41) is 86.6. The summed E-state index contributed by atoms with van der Waals surface area (Å²) < 4.78 is 25.6. The number of aromatic hydroxyl groups is 1. The van der Waals surface area contributed by atoms with Crippen molar-refractivity contribution in [2.24, 2.45) is 34.4 Å². The number of carbonyl (C=O) groups is 1. The second-order valence-electron chi connectivity index (χ2n) is 26.6. The Morgan fingerprint density at radius 1 is 0.937 bits per heavy atom. The Bertz CT molecular complexity index is 3590. The molecule has 4 heterocycles. The fourth-order valence-corrected chi connectivity index (χ4v) is 14.6. The average Bonchev–Trinajstić information content (AvgIpc) is 0.828. The Labute approximate surface area is 562 Å². The van der Waals surface area contributed by atoms with Gasteiger partial charge in [0.1, 0.15) is 36.1 Å². The van der Waals surface area contributed by atoms with E-state index < -0.39 is 36.3 Å². The normalized spacial score (nSPS) is 21.5. The van der Waals surface area contributed by atoms with Crippen LogP contribution in [-0.2, 0) is 46.6 Å². The number of carbonyl (C=O) groups excluding carboxylic acids is 1. The molecule has 512 valence electrons. The van der Waals surface area contributed by atoms with Crippen molar-refractivity contribution < 1.29 is 54.4 Å². The van der Waals surface area contributed by atoms with E-state index in [1.54, 1.807) is 27.1 Å². The number of aliphatic imine (C=N–C) groups is 1. The zero-order valence-electron chi connectivity index (χ0n) is 56.9. The number of benzene rings is 5. The Balaban J connectivity index is 1.25. The number of hydrogen-bond acceptors (Lipinski definition) is 15. The van der Waals surface area contributed by atoms with Crippen molar-refractivity contribution in [3.63, 3.8) is 0 Å². The second-order valence-corrected chi connectivity index (χ2v) is 26.6. The van der Waals surface area contributed by atoms with Gasteiger partial charge in [0, 0.05) is 86.3 Å². The van der Waals surface area contributed by atoms with Crippen molar-refractivity contribution in [1.82, 2.24) is 16.0 Å². The van der Waals surface area contributed by atoms with Crippen LogP contribution in [0.1, 0.15) is 178 Å². The van der Waals surface area contributed by atoms with Crippen molar-refractivity contribution >= 4 is 34.3 Å². The minimum absolute atomic E-state index is 0.0126. The number of unbranched alkanes of at least 4 members (excludes halogenated alkanes) is 2. The van der Waals surface area contributed by atoms with Crippen molar-refractivity contribution in [2.45, 2.75) is 173 Å².